The average Bonchev–Trinajstić information content (AvgIpc) is 2.34. The number of esters is 1. The molecule has 0 aliphatic carbocycles. The van der Waals surface area contributed by atoms with E-state index in [9.17, 15) is 9.59 Å². The molecule has 104 valence electrons. The molecule has 1 aromatic rings. The smallest absolute Gasteiger partial charge is 0.302 e. The van der Waals surface area contributed by atoms with Crippen LogP contribution in [0.3, 0.4) is 0 Å². The molecule has 0 aliphatic heterocycles. The van der Waals surface area contributed by atoms with Crippen molar-refractivity contribution in [2.45, 2.75) is 27.7 Å². The van der Waals surface area contributed by atoms with Crippen molar-refractivity contribution < 1.29 is 19.4 Å². The topological polar surface area (TPSA) is 63.6 Å². The van der Waals surface area contributed by atoms with Gasteiger partial charge in [0.1, 0.15) is 5.78 Å². The lowest BCUT2D eigenvalue weighted by atomic mass is 10.4. The fraction of sp³-hybridized carbons (Fsp3) is 0.429. The summed E-state index contributed by atoms with van der Waals surface area (Å²) in [6.45, 7) is 6.71. The number of benzene rings is 1. The maximum Gasteiger partial charge on any atom is 0.302 e. The molecule has 1 N–H and O–H groups in total. The summed E-state index contributed by atoms with van der Waals surface area (Å²) in [7, 11) is 1.00. The molecule has 1 aromatic carbocycles. The molecule has 0 saturated heterocycles. The average molecular weight is 256 g/mol. The van der Waals surface area contributed by atoms with Gasteiger partial charge in [-0.1, -0.05) is 36.4 Å². The second-order valence-corrected chi connectivity index (χ2v) is 2.99. The van der Waals surface area contributed by atoms with Crippen LogP contribution in [0.4, 0.5) is 0 Å². The van der Waals surface area contributed by atoms with Gasteiger partial charge in [0.15, 0.2) is 0 Å². The first-order valence-electron chi connectivity index (χ1n) is 5.56. The Morgan fingerprint density at radius 3 is 1.17 bits per heavy atom. The van der Waals surface area contributed by atoms with E-state index >= 15 is 0 Å². The third-order valence-electron chi connectivity index (χ3n) is 1.01. The molecule has 0 bridgehead atoms. The summed E-state index contributed by atoms with van der Waals surface area (Å²) in [6.07, 6.45) is 0. The van der Waals surface area contributed by atoms with Crippen LogP contribution >= 0.6 is 0 Å². The quantitative estimate of drug-likeness (QED) is 0.784. The van der Waals surface area contributed by atoms with E-state index in [1.54, 1.807) is 6.92 Å². The molecular weight excluding hydrogens is 232 g/mol. The Balaban J connectivity index is -0.000000179. The monoisotopic (exact) mass is 256 g/mol. The Bertz CT molecular complexity index is 240. The summed E-state index contributed by atoms with van der Waals surface area (Å²) >= 11 is 0. The molecular formula is C14H24O4. The van der Waals surface area contributed by atoms with E-state index in [2.05, 4.69) is 4.74 Å². The highest BCUT2D eigenvalue weighted by Crippen LogP contribution is 1.79. The summed E-state index contributed by atoms with van der Waals surface area (Å²) < 4.78 is 4.40. The van der Waals surface area contributed by atoms with Gasteiger partial charge in [-0.15, -0.1) is 0 Å². The van der Waals surface area contributed by atoms with Gasteiger partial charge in [0.2, 0.25) is 0 Å². The second kappa shape index (κ2) is 20.7. The van der Waals surface area contributed by atoms with Gasteiger partial charge in [-0.25, -0.2) is 0 Å². The largest absolute Gasteiger partial charge is 0.466 e. The lowest BCUT2D eigenvalue weighted by Crippen LogP contribution is -1.95. The molecule has 0 spiro atoms. The molecule has 0 aromatic heterocycles. The van der Waals surface area contributed by atoms with Gasteiger partial charge < -0.3 is 14.6 Å². The first-order chi connectivity index (χ1) is 8.50. The van der Waals surface area contributed by atoms with Gasteiger partial charge in [-0.2, -0.15) is 0 Å². The fourth-order valence-corrected chi connectivity index (χ4v) is 0.588. The number of ether oxygens (including phenoxy) is 1. The fourth-order valence-electron chi connectivity index (χ4n) is 0.588. The number of hydrogen-bond donors (Lipinski definition) is 1. The molecule has 4 nitrogen and oxygen atoms in total. The molecule has 0 radical (unpaired) electrons. The number of ketones is 1. The van der Waals surface area contributed by atoms with Crippen molar-refractivity contribution in [3.63, 3.8) is 0 Å². The summed E-state index contributed by atoms with van der Waals surface area (Å²) in [4.78, 5) is 19.3. The summed E-state index contributed by atoms with van der Waals surface area (Å²) in [5.41, 5.74) is 0. The Kier molecular flexibility index (Phi) is 24.8. The van der Waals surface area contributed by atoms with Crippen molar-refractivity contribution in [3.8, 4) is 0 Å². The summed E-state index contributed by atoms with van der Waals surface area (Å²) in [5, 5.41) is 7.00. The summed E-state index contributed by atoms with van der Waals surface area (Å²) in [5.74, 6) is -0.0440. The van der Waals surface area contributed by atoms with Gasteiger partial charge in [0.05, 0.1) is 6.61 Å². The van der Waals surface area contributed by atoms with E-state index in [-0.39, 0.29) is 11.8 Å². The van der Waals surface area contributed by atoms with E-state index in [1.807, 2.05) is 36.4 Å². The number of carbonyl (C=O) groups excluding carboxylic acids is 2. The summed E-state index contributed by atoms with van der Waals surface area (Å²) in [6, 6.07) is 12.0. The molecule has 18 heavy (non-hydrogen) atoms. The molecule has 0 atom stereocenters. The number of hydrogen-bond acceptors (Lipinski definition) is 4. The number of aliphatic hydroxyl groups is 1. The Labute approximate surface area is 110 Å². The Morgan fingerprint density at radius 2 is 1.11 bits per heavy atom. The third-order valence-corrected chi connectivity index (χ3v) is 1.01. The minimum Gasteiger partial charge on any atom is -0.466 e. The second-order valence-electron chi connectivity index (χ2n) is 2.99. The number of rotatable bonds is 1. The van der Waals surface area contributed by atoms with Crippen molar-refractivity contribution in [1.82, 2.24) is 0 Å². The van der Waals surface area contributed by atoms with Crippen molar-refractivity contribution in [3.05, 3.63) is 36.4 Å². The van der Waals surface area contributed by atoms with Crippen molar-refractivity contribution >= 4 is 11.8 Å². The molecule has 0 fully saturated rings. The third kappa shape index (κ3) is 47.4. The predicted octanol–water partition coefficient (Wildman–Crippen LogP) is 2.46. The van der Waals surface area contributed by atoms with E-state index in [1.165, 1.54) is 20.8 Å². The maximum atomic E-state index is 9.82. The van der Waals surface area contributed by atoms with Crippen molar-refractivity contribution in [1.29, 1.82) is 0 Å². The highest BCUT2D eigenvalue weighted by atomic mass is 16.5. The molecule has 0 amide bonds. The molecule has 0 aliphatic rings. The zero-order valence-electron chi connectivity index (χ0n) is 11.8. The van der Waals surface area contributed by atoms with Gasteiger partial charge in [0.25, 0.3) is 0 Å². The van der Waals surface area contributed by atoms with Crippen LogP contribution in [0.2, 0.25) is 0 Å². The van der Waals surface area contributed by atoms with E-state index in [0.717, 1.165) is 7.11 Å². The van der Waals surface area contributed by atoms with Crippen LogP contribution < -0.4 is 0 Å². The lowest BCUT2D eigenvalue weighted by molar-refractivity contribution is -0.140. The van der Waals surface area contributed by atoms with Crippen LogP contribution in [0.5, 0.6) is 0 Å². The van der Waals surface area contributed by atoms with Gasteiger partial charge in [-0.05, 0) is 20.8 Å². The first kappa shape index (κ1) is 21.6. The van der Waals surface area contributed by atoms with Crippen LogP contribution in [-0.4, -0.2) is 30.6 Å². The van der Waals surface area contributed by atoms with Crippen LogP contribution in [0, 0.1) is 0 Å². The Morgan fingerprint density at radius 1 is 0.889 bits per heavy atom. The molecule has 0 heterocycles. The number of carbonyl (C=O) groups is 2. The van der Waals surface area contributed by atoms with E-state index in [0.29, 0.717) is 6.61 Å². The lowest BCUT2D eigenvalue weighted by Gasteiger charge is -1.89. The van der Waals surface area contributed by atoms with Crippen molar-refractivity contribution in [2.24, 2.45) is 0 Å². The highest BCUT2D eigenvalue weighted by Gasteiger charge is 1.81. The first-order valence-corrected chi connectivity index (χ1v) is 5.56. The van der Waals surface area contributed by atoms with E-state index < -0.39 is 0 Å². The zero-order chi connectivity index (χ0) is 14.8. The molecule has 1 rings (SSSR count). The Hall–Kier alpha value is -1.68. The van der Waals surface area contributed by atoms with Crippen LogP contribution in [0.15, 0.2) is 36.4 Å². The van der Waals surface area contributed by atoms with Gasteiger partial charge in [0, 0.05) is 14.0 Å². The number of Topliss-reactive ketones (excluding diaryl/α,β-unsaturated/α-hetero) is 1. The molecule has 4 heteroatoms. The highest BCUT2D eigenvalue weighted by molar-refractivity contribution is 5.72. The SMILES string of the molecule is CC(C)=O.CCOC(C)=O.CO.c1ccccc1. The molecule has 0 saturated carbocycles. The maximum absolute atomic E-state index is 9.82. The number of aliphatic hydroxyl groups excluding tert-OH is 1. The van der Waals surface area contributed by atoms with E-state index in [4.69, 9.17) is 5.11 Å². The molecule has 0 unspecified atom stereocenters. The van der Waals surface area contributed by atoms with Gasteiger partial charge in [-0.3, -0.25) is 4.79 Å². The van der Waals surface area contributed by atoms with Gasteiger partial charge >= 0.3 is 5.97 Å². The van der Waals surface area contributed by atoms with Crippen LogP contribution in [-0.2, 0) is 14.3 Å². The van der Waals surface area contributed by atoms with Crippen LogP contribution in [0.1, 0.15) is 27.7 Å². The normalized spacial score (nSPS) is 7.00. The minimum absolute atomic E-state index is 0.167. The van der Waals surface area contributed by atoms with Crippen LogP contribution in [0.25, 0.3) is 0 Å². The van der Waals surface area contributed by atoms with Crippen molar-refractivity contribution in [2.75, 3.05) is 13.7 Å². The standard InChI is InChI=1S/C6H6.C4H8O2.C3H6O.CH4O/c1-2-4-6-5-3-1;1-3-6-4(2)5;1-3(2)4;1-2/h1-6H;3H2,1-2H3;1-2H3;2H,1H3. The zero-order valence-corrected chi connectivity index (χ0v) is 11.8. The predicted molar refractivity (Wildman–Crippen MR) is 73.2 cm³/mol. The minimum atomic E-state index is -0.211.